The molecule has 0 aliphatic heterocycles. The number of rotatable bonds is 6. The van der Waals surface area contributed by atoms with Gasteiger partial charge in [-0.15, -0.1) is 0 Å². The second kappa shape index (κ2) is 6.74. The van der Waals surface area contributed by atoms with E-state index in [4.69, 9.17) is 4.52 Å². The average Bonchev–Trinajstić information content (AvgIpc) is 3.07. The number of aromatic nitrogens is 3. The largest absolute Gasteiger partial charge is 0.361 e. The van der Waals surface area contributed by atoms with E-state index in [-0.39, 0.29) is 18.0 Å². The van der Waals surface area contributed by atoms with Crippen LogP contribution in [0.5, 0.6) is 0 Å². The van der Waals surface area contributed by atoms with E-state index in [2.05, 4.69) is 15.6 Å². The minimum Gasteiger partial charge on any atom is -0.361 e. The van der Waals surface area contributed by atoms with Crippen molar-refractivity contribution in [3.8, 4) is 0 Å². The minimum atomic E-state index is -0.299. The van der Waals surface area contributed by atoms with Gasteiger partial charge in [0.1, 0.15) is 11.6 Å². The Morgan fingerprint density at radius 3 is 2.77 bits per heavy atom. The van der Waals surface area contributed by atoms with Crippen molar-refractivity contribution < 1.29 is 9.32 Å². The normalized spacial score (nSPS) is 12.9. The molecule has 0 radical (unpaired) electrons. The van der Waals surface area contributed by atoms with E-state index in [1.807, 2.05) is 45.7 Å². The van der Waals surface area contributed by atoms with Crippen molar-refractivity contribution in [2.45, 2.75) is 46.3 Å². The number of aryl methyl sites for hydroxylation is 1. The predicted octanol–water partition coefficient (Wildman–Crippen LogP) is 2.22. The highest BCUT2D eigenvalue weighted by Crippen LogP contribution is 2.14. The number of nitrogens with zero attached hydrogens (tertiary/aromatic N) is 4. The van der Waals surface area contributed by atoms with Gasteiger partial charge in [0.2, 0.25) is 5.91 Å². The monoisotopic (exact) mass is 305 g/mol. The van der Waals surface area contributed by atoms with Gasteiger partial charge in [0.15, 0.2) is 0 Å². The van der Waals surface area contributed by atoms with Crippen LogP contribution in [0, 0.1) is 6.92 Å². The van der Waals surface area contributed by atoms with E-state index >= 15 is 0 Å². The van der Waals surface area contributed by atoms with Crippen LogP contribution in [-0.4, -0.2) is 38.8 Å². The fourth-order valence-electron chi connectivity index (χ4n) is 2.14. The van der Waals surface area contributed by atoms with E-state index in [1.165, 1.54) is 0 Å². The van der Waals surface area contributed by atoms with Crippen molar-refractivity contribution >= 4 is 11.7 Å². The fourth-order valence-corrected chi connectivity index (χ4v) is 2.14. The lowest BCUT2D eigenvalue weighted by atomic mass is 10.2. The summed E-state index contributed by atoms with van der Waals surface area (Å²) in [5.41, 5.74) is 0.812. The zero-order valence-electron chi connectivity index (χ0n) is 13.7. The molecular formula is C15H23N5O2. The highest BCUT2D eigenvalue weighted by Gasteiger charge is 2.20. The Morgan fingerprint density at radius 2 is 2.18 bits per heavy atom. The maximum atomic E-state index is 12.4. The van der Waals surface area contributed by atoms with Crippen LogP contribution in [-0.2, 0) is 11.3 Å². The van der Waals surface area contributed by atoms with Gasteiger partial charge in [0, 0.05) is 24.7 Å². The van der Waals surface area contributed by atoms with E-state index in [0.29, 0.717) is 12.4 Å². The van der Waals surface area contributed by atoms with Crippen LogP contribution >= 0.6 is 0 Å². The highest BCUT2D eigenvalue weighted by molar-refractivity contribution is 5.93. The Labute approximate surface area is 130 Å². The second-order valence-corrected chi connectivity index (χ2v) is 5.76. The first kappa shape index (κ1) is 16.2. The molecule has 2 heterocycles. The summed E-state index contributed by atoms with van der Waals surface area (Å²) in [5.74, 6) is 1.39. The summed E-state index contributed by atoms with van der Waals surface area (Å²) in [5, 5.41) is 11.1. The summed E-state index contributed by atoms with van der Waals surface area (Å²) in [6.07, 6.45) is 1.68. The lowest BCUT2D eigenvalue weighted by Gasteiger charge is -2.23. The quantitative estimate of drug-likeness (QED) is 0.885. The van der Waals surface area contributed by atoms with Crippen molar-refractivity contribution in [3.63, 3.8) is 0 Å². The molecule has 0 saturated carbocycles. The summed E-state index contributed by atoms with van der Waals surface area (Å²) < 4.78 is 6.83. The molecule has 0 fully saturated rings. The zero-order chi connectivity index (χ0) is 16.3. The number of amides is 1. The number of hydrogen-bond donors (Lipinski definition) is 1. The molecule has 0 bridgehead atoms. The Balaban J connectivity index is 1.97. The lowest BCUT2D eigenvalue weighted by Crippen LogP contribution is -2.39. The second-order valence-electron chi connectivity index (χ2n) is 5.76. The third-order valence-electron chi connectivity index (χ3n) is 3.54. The highest BCUT2D eigenvalue weighted by atomic mass is 16.5. The van der Waals surface area contributed by atoms with Gasteiger partial charge in [-0.25, -0.2) is 4.68 Å². The topological polar surface area (TPSA) is 76.2 Å². The molecule has 7 heteroatoms. The zero-order valence-corrected chi connectivity index (χ0v) is 13.7. The average molecular weight is 305 g/mol. The minimum absolute atomic E-state index is 0.0786. The molecule has 7 nitrogen and oxygen atoms in total. The van der Waals surface area contributed by atoms with Gasteiger partial charge in [0.05, 0.1) is 17.9 Å². The molecule has 22 heavy (non-hydrogen) atoms. The molecule has 1 unspecified atom stereocenters. The molecule has 2 aromatic rings. The van der Waals surface area contributed by atoms with Gasteiger partial charge < -0.3 is 9.84 Å². The number of likely N-dealkylation sites (N-methyl/N-ethyl adjacent to an activating group) is 1. The lowest BCUT2D eigenvalue weighted by molar-refractivity contribution is -0.120. The molecular weight excluding hydrogens is 282 g/mol. The van der Waals surface area contributed by atoms with Crippen LogP contribution < -0.4 is 5.32 Å². The van der Waals surface area contributed by atoms with Gasteiger partial charge in [0.25, 0.3) is 0 Å². The molecule has 1 N–H and O–H groups in total. The first-order chi connectivity index (χ1) is 10.4. The van der Waals surface area contributed by atoms with Crippen molar-refractivity contribution in [1.82, 2.24) is 19.8 Å². The first-order valence-electron chi connectivity index (χ1n) is 7.35. The van der Waals surface area contributed by atoms with Crippen LogP contribution in [0.25, 0.3) is 0 Å². The van der Waals surface area contributed by atoms with E-state index in [1.54, 1.807) is 16.9 Å². The molecule has 1 amide bonds. The molecule has 0 aromatic carbocycles. The van der Waals surface area contributed by atoms with Gasteiger partial charge >= 0.3 is 0 Å². The van der Waals surface area contributed by atoms with Gasteiger partial charge in [-0.1, -0.05) is 5.16 Å². The molecule has 2 rings (SSSR count). The van der Waals surface area contributed by atoms with Crippen LogP contribution in [0.4, 0.5) is 5.82 Å². The number of carbonyl (C=O) groups is 1. The third-order valence-corrected chi connectivity index (χ3v) is 3.54. The maximum absolute atomic E-state index is 12.4. The first-order valence-corrected chi connectivity index (χ1v) is 7.35. The molecule has 120 valence electrons. The van der Waals surface area contributed by atoms with Gasteiger partial charge in [-0.3, -0.25) is 9.69 Å². The summed E-state index contributed by atoms with van der Waals surface area (Å²) in [7, 11) is 1.88. The van der Waals surface area contributed by atoms with Crippen LogP contribution in [0.1, 0.15) is 38.3 Å². The standard InChI is InChI=1S/C15H23N5O2/c1-10(2)20-14(6-7-16-20)17-15(21)12(4)19(5)9-13-8-11(3)22-18-13/h6-8,10,12H,9H2,1-5H3,(H,17,21). The van der Waals surface area contributed by atoms with E-state index in [0.717, 1.165) is 11.5 Å². The van der Waals surface area contributed by atoms with Crippen LogP contribution in [0.2, 0.25) is 0 Å². The van der Waals surface area contributed by atoms with Gasteiger partial charge in [-0.2, -0.15) is 5.10 Å². The van der Waals surface area contributed by atoms with Crippen LogP contribution in [0.3, 0.4) is 0 Å². The molecule has 1 atom stereocenters. The maximum Gasteiger partial charge on any atom is 0.242 e. The van der Waals surface area contributed by atoms with Crippen molar-refractivity contribution in [2.24, 2.45) is 0 Å². The van der Waals surface area contributed by atoms with Gasteiger partial charge in [-0.05, 0) is 34.7 Å². The summed E-state index contributed by atoms with van der Waals surface area (Å²) in [6, 6.07) is 3.56. The van der Waals surface area contributed by atoms with Crippen molar-refractivity contribution in [2.75, 3.05) is 12.4 Å². The Hall–Kier alpha value is -2.15. The number of hydrogen-bond acceptors (Lipinski definition) is 5. The van der Waals surface area contributed by atoms with Crippen molar-refractivity contribution in [1.29, 1.82) is 0 Å². The molecule has 0 aliphatic carbocycles. The number of nitrogens with one attached hydrogen (secondary N) is 1. The Bertz CT molecular complexity index is 631. The third kappa shape index (κ3) is 3.73. The predicted molar refractivity (Wildman–Crippen MR) is 83.4 cm³/mol. The van der Waals surface area contributed by atoms with Crippen LogP contribution in [0.15, 0.2) is 22.9 Å². The summed E-state index contributed by atoms with van der Waals surface area (Å²) in [6.45, 7) is 8.30. The Morgan fingerprint density at radius 1 is 1.45 bits per heavy atom. The van der Waals surface area contributed by atoms with Crippen molar-refractivity contribution in [3.05, 3.63) is 29.8 Å². The molecule has 0 spiro atoms. The SMILES string of the molecule is Cc1cc(CN(C)C(C)C(=O)Nc2ccnn2C(C)C)no1. The fraction of sp³-hybridized carbons (Fsp3) is 0.533. The summed E-state index contributed by atoms with van der Waals surface area (Å²) >= 11 is 0. The molecule has 2 aromatic heterocycles. The molecule has 0 aliphatic rings. The Kier molecular flexibility index (Phi) is 4.97. The van der Waals surface area contributed by atoms with E-state index < -0.39 is 0 Å². The molecule has 0 saturated heterocycles. The van der Waals surface area contributed by atoms with E-state index in [9.17, 15) is 4.79 Å². The smallest absolute Gasteiger partial charge is 0.242 e. The number of anilines is 1. The number of carbonyl (C=O) groups excluding carboxylic acids is 1. The summed E-state index contributed by atoms with van der Waals surface area (Å²) in [4.78, 5) is 14.3.